The van der Waals surface area contributed by atoms with Crippen molar-refractivity contribution in [3.05, 3.63) is 76.5 Å². The number of fused-ring (bicyclic) bond motifs is 1. The minimum absolute atomic E-state index is 0.116. The third kappa shape index (κ3) is 7.10. The second-order valence-corrected chi connectivity index (χ2v) is 10.2. The van der Waals surface area contributed by atoms with Crippen molar-refractivity contribution in [1.29, 1.82) is 0 Å². The van der Waals surface area contributed by atoms with E-state index in [4.69, 9.17) is 4.74 Å². The monoisotopic (exact) mass is 544 g/mol. The Morgan fingerprint density at radius 2 is 2.05 bits per heavy atom. The quantitative estimate of drug-likeness (QED) is 0.376. The van der Waals surface area contributed by atoms with E-state index >= 15 is 0 Å². The summed E-state index contributed by atoms with van der Waals surface area (Å²) in [6.45, 7) is 3.98. The number of amides is 1. The van der Waals surface area contributed by atoms with Crippen molar-refractivity contribution in [2.24, 2.45) is 11.8 Å². The van der Waals surface area contributed by atoms with Crippen LogP contribution >= 0.6 is 0 Å². The maximum absolute atomic E-state index is 14.0. The van der Waals surface area contributed by atoms with Crippen LogP contribution < -0.4 is 15.6 Å². The minimum Gasteiger partial charge on any atom is -0.449 e. The lowest BCUT2D eigenvalue weighted by atomic mass is 9.96. The number of carbonyl (C=O) groups is 1. The van der Waals surface area contributed by atoms with E-state index in [-0.39, 0.29) is 36.8 Å². The number of benzene rings is 1. The molecule has 3 N–H and O–H groups in total. The number of para-hydroxylation sites is 1. The van der Waals surface area contributed by atoms with Crippen LogP contribution in [0.3, 0.4) is 0 Å². The van der Waals surface area contributed by atoms with Gasteiger partial charge in [0.2, 0.25) is 5.91 Å². The maximum atomic E-state index is 14.0. The van der Waals surface area contributed by atoms with Gasteiger partial charge in [-0.05, 0) is 37.0 Å². The molecule has 1 saturated carbocycles. The number of nitrogens with zero attached hydrogens (tertiary/aromatic N) is 3. The fraction of sp³-hybridized carbons (Fsp3) is 0.464. The van der Waals surface area contributed by atoms with Gasteiger partial charge < -0.3 is 25.2 Å². The van der Waals surface area contributed by atoms with Crippen molar-refractivity contribution in [2.45, 2.75) is 57.7 Å². The summed E-state index contributed by atoms with van der Waals surface area (Å²) in [5.74, 6) is -2.75. The summed E-state index contributed by atoms with van der Waals surface area (Å²) in [5.41, 5.74) is -0.0745. The number of allylic oxidation sites excluding steroid dienone is 1. The number of β-amino-alcohol motifs (C(OH)–C–C–N with tert-alkyl or cyclic N) is 1. The SMILES string of the molecule is CCCC(C)C[C@H](C(=O)NC1=CC2CC2N(C[C@@H](O)CO)C=C1)n1ncc(Oc2c(F)cccc2F)cc1=O. The molecule has 4 rings (SSSR count). The van der Waals surface area contributed by atoms with Gasteiger partial charge in [-0.3, -0.25) is 9.59 Å². The zero-order chi connectivity index (χ0) is 28.1. The van der Waals surface area contributed by atoms with Crippen LogP contribution in [0.2, 0.25) is 0 Å². The zero-order valence-corrected chi connectivity index (χ0v) is 22.0. The van der Waals surface area contributed by atoms with Gasteiger partial charge in [-0.15, -0.1) is 0 Å². The van der Waals surface area contributed by atoms with Crippen LogP contribution in [0.5, 0.6) is 11.5 Å². The highest BCUT2D eigenvalue weighted by molar-refractivity contribution is 5.82. The Balaban J connectivity index is 1.54. The Morgan fingerprint density at radius 1 is 1.31 bits per heavy atom. The number of nitrogens with one attached hydrogen (secondary N) is 1. The Bertz CT molecular complexity index is 1280. The molecule has 9 nitrogen and oxygen atoms in total. The van der Waals surface area contributed by atoms with Gasteiger partial charge in [0.05, 0.1) is 18.9 Å². The first-order valence-electron chi connectivity index (χ1n) is 13.2. The third-order valence-corrected chi connectivity index (χ3v) is 6.91. The molecule has 5 atom stereocenters. The molecular formula is C28H34F2N4O5. The number of rotatable bonds is 12. The predicted octanol–water partition coefficient (Wildman–Crippen LogP) is 3.25. The van der Waals surface area contributed by atoms with Crippen molar-refractivity contribution in [3.63, 3.8) is 0 Å². The zero-order valence-electron chi connectivity index (χ0n) is 22.0. The van der Waals surface area contributed by atoms with E-state index in [1.165, 1.54) is 6.07 Å². The molecule has 0 saturated heterocycles. The second-order valence-electron chi connectivity index (χ2n) is 10.2. The molecule has 0 spiro atoms. The highest BCUT2D eigenvalue weighted by Crippen LogP contribution is 2.39. The first kappa shape index (κ1) is 28.4. The summed E-state index contributed by atoms with van der Waals surface area (Å²) in [6, 6.07) is 3.58. The smallest absolute Gasteiger partial charge is 0.271 e. The number of halogens is 2. The molecular weight excluding hydrogens is 510 g/mol. The summed E-state index contributed by atoms with van der Waals surface area (Å²) in [5, 5.41) is 26.1. The molecule has 1 aliphatic carbocycles. The molecule has 1 aromatic carbocycles. The topological polar surface area (TPSA) is 117 Å². The minimum atomic E-state index is -0.932. The predicted molar refractivity (Wildman–Crippen MR) is 140 cm³/mol. The number of aromatic nitrogens is 2. The van der Waals surface area contributed by atoms with Crippen molar-refractivity contribution >= 4 is 5.91 Å². The highest BCUT2D eigenvalue weighted by atomic mass is 19.1. The van der Waals surface area contributed by atoms with E-state index in [9.17, 15) is 28.6 Å². The lowest BCUT2D eigenvalue weighted by molar-refractivity contribution is -0.124. The molecule has 1 aromatic heterocycles. The number of aliphatic hydroxyl groups is 2. The van der Waals surface area contributed by atoms with Crippen molar-refractivity contribution in [3.8, 4) is 11.5 Å². The fourth-order valence-corrected chi connectivity index (χ4v) is 4.84. The van der Waals surface area contributed by atoms with E-state index < -0.39 is 41.0 Å². The van der Waals surface area contributed by atoms with Gasteiger partial charge >= 0.3 is 0 Å². The Hall–Kier alpha value is -3.57. The molecule has 210 valence electrons. The molecule has 2 aromatic rings. The summed E-state index contributed by atoms with van der Waals surface area (Å²) in [4.78, 5) is 28.5. The number of ether oxygens (including phenoxy) is 1. The Labute approximate surface area is 225 Å². The Morgan fingerprint density at radius 3 is 2.72 bits per heavy atom. The van der Waals surface area contributed by atoms with E-state index in [0.717, 1.165) is 48.3 Å². The van der Waals surface area contributed by atoms with Gasteiger partial charge in [0.25, 0.3) is 5.56 Å². The molecule has 1 amide bonds. The van der Waals surface area contributed by atoms with Gasteiger partial charge in [0.1, 0.15) is 6.04 Å². The van der Waals surface area contributed by atoms with Crippen LogP contribution in [0.25, 0.3) is 0 Å². The van der Waals surface area contributed by atoms with Crippen LogP contribution in [0.15, 0.2) is 59.3 Å². The van der Waals surface area contributed by atoms with E-state index in [1.807, 2.05) is 24.8 Å². The molecule has 0 bridgehead atoms. The molecule has 1 fully saturated rings. The van der Waals surface area contributed by atoms with Gasteiger partial charge in [-0.1, -0.05) is 38.8 Å². The van der Waals surface area contributed by atoms with E-state index in [2.05, 4.69) is 10.4 Å². The number of hydrogen-bond acceptors (Lipinski definition) is 7. The van der Waals surface area contributed by atoms with Crippen LogP contribution in [0.4, 0.5) is 8.78 Å². The summed E-state index contributed by atoms with van der Waals surface area (Å²) in [7, 11) is 0. The van der Waals surface area contributed by atoms with E-state index in [1.54, 1.807) is 12.3 Å². The van der Waals surface area contributed by atoms with Crippen molar-refractivity contribution in [1.82, 2.24) is 20.0 Å². The fourth-order valence-electron chi connectivity index (χ4n) is 4.84. The third-order valence-electron chi connectivity index (χ3n) is 6.91. The second kappa shape index (κ2) is 12.5. The molecule has 3 unspecified atom stereocenters. The molecule has 2 aliphatic rings. The average molecular weight is 545 g/mol. The largest absolute Gasteiger partial charge is 0.449 e. The van der Waals surface area contributed by atoms with Crippen molar-refractivity contribution < 1.29 is 28.5 Å². The Kier molecular flexibility index (Phi) is 9.13. The van der Waals surface area contributed by atoms with Crippen LogP contribution in [0, 0.1) is 23.5 Å². The average Bonchev–Trinajstić information content (AvgIpc) is 3.67. The highest BCUT2D eigenvalue weighted by Gasteiger charge is 2.41. The molecule has 0 radical (unpaired) electrons. The standard InChI is InChI=1S/C28H34F2N4O5/c1-3-5-17(2)10-25(28(38)32-19-8-9-33(15-20(36)16-35)24-12-18(24)11-19)34-26(37)13-21(14-31-34)39-27-22(29)6-4-7-23(27)30/h4,6-9,11,13-14,17-18,20,24-25,35-36H,3,5,10,12,15-16H2,1-2H3,(H,32,38)/t17?,18?,20-,24?,25-/m1/s1. The van der Waals surface area contributed by atoms with Gasteiger partial charge in [0.15, 0.2) is 23.1 Å². The van der Waals surface area contributed by atoms with Gasteiger partial charge in [-0.2, -0.15) is 5.10 Å². The lowest BCUT2D eigenvalue weighted by Crippen LogP contribution is -2.38. The van der Waals surface area contributed by atoms with Crippen LogP contribution in [-0.2, 0) is 4.79 Å². The molecule has 39 heavy (non-hydrogen) atoms. The molecule has 1 aliphatic heterocycles. The van der Waals surface area contributed by atoms with Gasteiger partial charge in [0, 0.05) is 36.5 Å². The summed E-state index contributed by atoms with van der Waals surface area (Å²) >= 11 is 0. The lowest BCUT2D eigenvalue weighted by Gasteiger charge is -2.23. The number of aliphatic hydroxyl groups excluding tert-OH is 2. The first-order chi connectivity index (χ1) is 18.7. The van der Waals surface area contributed by atoms with Crippen LogP contribution in [0.1, 0.15) is 45.6 Å². The number of hydrogen-bond donors (Lipinski definition) is 3. The maximum Gasteiger partial charge on any atom is 0.271 e. The first-order valence-corrected chi connectivity index (χ1v) is 13.2. The summed E-state index contributed by atoms with van der Waals surface area (Å²) in [6.07, 6.45) is 8.74. The number of carbonyl (C=O) groups excluding carboxylic acids is 1. The van der Waals surface area contributed by atoms with Crippen LogP contribution in [-0.4, -0.2) is 56.1 Å². The van der Waals surface area contributed by atoms with E-state index in [0.29, 0.717) is 12.1 Å². The molecule has 11 heteroatoms. The summed E-state index contributed by atoms with van der Waals surface area (Å²) < 4.78 is 34.3. The normalized spacial score (nSPS) is 20.4. The van der Waals surface area contributed by atoms with Crippen molar-refractivity contribution in [2.75, 3.05) is 13.2 Å². The molecule has 2 heterocycles. The van der Waals surface area contributed by atoms with Gasteiger partial charge in [-0.25, -0.2) is 13.5 Å².